The minimum Gasteiger partial charge on any atom is -0.370 e. The molecule has 0 atom stereocenters. The molecule has 6 N–H and O–H groups in total. The van der Waals surface area contributed by atoms with E-state index in [0.717, 1.165) is 13.1 Å². The van der Waals surface area contributed by atoms with Crippen molar-refractivity contribution < 1.29 is 10.3 Å². The van der Waals surface area contributed by atoms with Crippen LogP contribution in [0.2, 0.25) is 0 Å². The van der Waals surface area contributed by atoms with Crippen molar-refractivity contribution in [2.24, 2.45) is 16.6 Å². The van der Waals surface area contributed by atoms with Crippen molar-refractivity contribution >= 4 is 11.9 Å². The maximum Gasteiger partial charge on any atom is 0.291 e. The Morgan fingerprint density at radius 2 is 2.12 bits per heavy atom. The van der Waals surface area contributed by atoms with Crippen molar-refractivity contribution in [2.75, 3.05) is 13.1 Å². The average Bonchev–Trinajstić information content (AvgIpc) is 2.12. The van der Waals surface area contributed by atoms with E-state index in [2.05, 4.69) is 29.5 Å². The van der Waals surface area contributed by atoms with Crippen LogP contribution in [0, 0.1) is 21.4 Å². The smallest absolute Gasteiger partial charge is 0.291 e. The zero-order valence-electron chi connectivity index (χ0n) is 10.2. The first-order valence-electron chi connectivity index (χ1n) is 5.02. The Morgan fingerprint density at radius 1 is 1.65 bits per heavy atom. The van der Waals surface area contributed by atoms with Gasteiger partial charge in [0.05, 0.1) is 0 Å². The van der Waals surface area contributed by atoms with Gasteiger partial charge in [-0.15, -0.1) is 10.1 Å². The first-order chi connectivity index (χ1) is 7.79. The molecule has 9 nitrogen and oxygen atoms in total. The lowest BCUT2D eigenvalue weighted by Crippen LogP contribution is -2.44. The highest BCUT2D eigenvalue weighted by Gasteiger charge is 1.98. The molecule has 0 amide bonds. The fourth-order valence-corrected chi connectivity index (χ4v) is 0.708. The van der Waals surface area contributed by atoms with Crippen LogP contribution in [0.4, 0.5) is 0 Å². The van der Waals surface area contributed by atoms with E-state index in [1.54, 1.807) is 0 Å². The molecule has 0 aliphatic carbocycles. The van der Waals surface area contributed by atoms with E-state index in [1.165, 1.54) is 0 Å². The van der Waals surface area contributed by atoms with Crippen LogP contribution in [0.1, 0.15) is 20.8 Å². The predicted molar refractivity (Wildman–Crippen MR) is 64.6 cm³/mol. The molecule has 0 fully saturated rings. The number of hydrogen-bond donors (Lipinski definition) is 5. The molecule has 100 valence electrons. The van der Waals surface area contributed by atoms with Gasteiger partial charge in [0.1, 0.15) is 0 Å². The molecule has 0 radical (unpaired) electrons. The Hall–Kier alpha value is -2.06. The third kappa shape index (κ3) is 20.1. The second-order valence-corrected chi connectivity index (χ2v) is 3.39. The number of nitrogens with two attached hydrogens (primary N) is 1. The van der Waals surface area contributed by atoms with Crippen LogP contribution in [0.5, 0.6) is 0 Å². The van der Waals surface area contributed by atoms with Gasteiger partial charge in [-0.3, -0.25) is 15.7 Å². The molecule has 0 aromatic heterocycles. The van der Waals surface area contributed by atoms with Gasteiger partial charge in [-0.25, -0.2) is 0 Å². The number of nitrogens with zero attached hydrogens (tertiary/aromatic N) is 2. The van der Waals surface area contributed by atoms with Gasteiger partial charge in [-0.1, -0.05) is 13.8 Å². The monoisotopic (exact) mass is 248 g/mol. The van der Waals surface area contributed by atoms with Gasteiger partial charge in [-0.05, 0) is 12.8 Å². The van der Waals surface area contributed by atoms with Crippen molar-refractivity contribution in [1.29, 1.82) is 5.41 Å². The molecule has 0 bridgehead atoms. The maximum absolute atomic E-state index is 8.36. The molecule has 0 saturated heterocycles. The van der Waals surface area contributed by atoms with Gasteiger partial charge in [0.2, 0.25) is 0 Å². The van der Waals surface area contributed by atoms with E-state index in [4.69, 9.17) is 26.5 Å². The summed E-state index contributed by atoms with van der Waals surface area (Å²) in [6.45, 7) is 7.62. The third-order valence-electron chi connectivity index (χ3n) is 1.21. The normalized spacial score (nSPS) is 10.2. The first-order valence-corrected chi connectivity index (χ1v) is 5.02. The summed E-state index contributed by atoms with van der Waals surface area (Å²) < 4.78 is 0. The maximum atomic E-state index is 8.36. The summed E-state index contributed by atoms with van der Waals surface area (Å²) in [6.07, 6.45) is 0. The average molecular weight is 248 g/mol. The molecule has 0 heterocycles. The predicted octanol–water partition coefficient (Wildman–Crippen LogP) is -0.257. The summed E-state index contributed by atoms with van der Waals surface area (Å²) >= 11 is 0. The Morgan fingerprint density at radius 3 is 2.41 bits per heavy atom. The van der Waals surface area contributed by atoms with Crippen molar-refractivity contribution in [3.63, 3.8) is 0 Å². The van der Waals surface area contributed by atoms with Crippen LogP contribution in [-0.2, 0) is 0 Å². The molecule has 0 spiro atoms. The molecule has 0 saturated carbocycles. The van der Waals surface area contributed by atoms with Crippen LogP contribution in [0.25, 0.3) is 0 Å². The lowest BCUT2D eigenvalue weighted by atomic mass is 10.2. The summed E-state index contributed by atoms with van der Waals surface area (Å²) in [6, 6.07) is 0. The Bertz CT molecular complexity index is 262. The zero-order valence-corrected chi connectivity index (χ0v) is 10.2. The summed E-state index contributed by atoms with van der Waals surface area (Å²) in [5, 5.41) is 26.3. The highest BCUT2D eigenvalue weighted by atomic mass is 16.9. The number of guanidine groups is 2. The topological polar surface area (TPSA) is 150 Å². The number of rotatable bonds is 3. The molecule has 0 rings (SSSR count). The van der Waals surface area contributed by atoms with Crippen LogP contribution < -0.4 is 16.4 Å². The van der Waals surface area contributed by atoms with Crippen molar-refractivity contribution in [3.05, 3.63) is 10.1 Å². The number of aliphatic imine (C=N–C) groups is 1. The molecule has 9 heteroatoms. The SMILES string of the molecule is CCNC(=NCC(C)C)NC(=N)N.O=[N+]([O-])O. The fraction of sp³-hybridized carbons (Fsp3) is 0.750. The molecule has 0 aliphatic rings. The summed E-state index contributed by atoms with van der Waals surface area (Å²) in [4.78, 5) is 12.6. The van der Waals surface area contributed by atoms with Crippen LogP contribution in [-0.4, -0.2) is 35.3 Å². The zero-order chi connectivity index (χ0) is 13.8. The van der Waals surface area contributed by atoms with E-state index in [1.807, 2.05) is 6.92 Å². The van der Waals surface area contributed by atoms with Crippen molar-refractivity contribution in [2.45, 2.75) is 20.8 Å². The largest absolute Gasteiger partial charge is 0.370 e. The lowest BCUT2D eigenvalue weighted by molar-refractivity contribution is -0.742. The van der Waals surface area contributed by atoms with E-state index in [-0.39, 0.29) is 5.96 Å². The highest BCUT2D eigenvalue weighted by molar-refractivity contribution is 5.96. The van der Waals surface area contributed by atoms with Gasteiger partial charge in [-0.2, -0.15) is 0 Å². The van der Waals surface area contributed by atoms with Gasteiger partial charge in [0, 0.05) is 13.1 Å². The summed E-state index contributed by atoms with van der Waals surface area (Å²) in [5.41, 5.74) is 5.18. The fourth-order valence-electron chi connectivity index (χ4n) is 0.708. The third-order valence-corrected chi connectivity index (χ3v) is 1.21. The second-order valence-electron chi connectivity index (χ2n) is 3.39. The van der Waals surface area contributed by atoms with Gasteiger partial charge < -0.3 is 16.3 Å². The number of nitrogens with one attached hydrogen (secondary N) is 3. The van der Waals surface area contributed by atoms with E-state index in [0.29, 0.717) is 11.9 Å². The van der Waals surface area contributed by atoms with Gasteiger partial charge in [0.25, 0.3) is 5.09 Å². The quantitative estimate of drug-likeness (QED) is 0.201. The Kier molecular flexibility index (Phi) is 10.7. The summed E-state index contributed by atoms with van der Waals surface area (Å²) in [7, 11) is 0. The van der Waals surface area contributed by atoms with Crippen LogP contribution in [0.3, 0.4) is 0 Å². The van der Waals surface area contributed by atoms with Crippen molar-refractivity contribution in [3.8, 4) is 0 Å². The van der Waals surface area contributed by atoms with E-state index < -0.39 is 5.09 Å². The first kappa shape index (κ1) is 17.3. The Balaban J connectivity index is 0. The Labute approximate surface area is 99.7 Å². The summed E-state index contributed by atoms with van der Waals surface area (Å²) in [5.74, 6) is 0.981. The minimum absolute atomic E-state index is 0.0940. The van der Waals surface area contributed by atoms with E-state index in [9.17, 15) is 0 Å². The molecular formula is C8H20N6O3. The molecular weight excluding hydrogens is 228 g/mol. The number of hydrogen-bond acceptors (Lipinski definition) is 4. The molecule has 17 heavy (non-hydrogen) atoms. The molecule has 0 aromatic carbocycles. The van der Waals surface area contributed by atoms with Crippen LogP contribution >= 0.6 is 0 Å². The molecule has 0 aliphatic heterocycles. The standard InChI is InChI=1S/C8H19N5.HNO3/c1-4-11-8(13-7(9)10)12-5-6(2)3;2-1(3)4/h6H,4-5H2,1-3H3,(H5,9,10,11,12,13);(H,2,3,4). The lowest BCUT2D eigenvalue weighted by Gasteiger charge is -2.09. The van der Waals surface area contributed by atoms with Gasteiger partial charge in [0.15, 0.2) is 11.9 Å². The second kappa shape index (κ2) is 10.5. The highest BCUT2D eigenvalue weighted by Crippen LogP contribution is 1.90. The molecule has 0 aromatic rings. The molecule has 0 unspecified atom stereocenters. The van der Waals surface area contributed by atoms with E-state index >= 15 is 0 Å². The minimum atomic E-state index is -1.50. The van der Waals surface area contributed by atoms with Gasteiger partial charge >= 0.3 is 0 Å². The van der Waals surface area contributed by atoms with Crippen LogP contribution in [0.15, 0.2) is 4.99 Å². The van der Waals surface area contributed by atoms with Crippen molar-refractivity contribution in [1.82, 2.24) is 10.6 Å².